The molecule has 23 heavy (non-hydrogen) atoms. The van der Waals surface area contributed by atoms with Crippen LogP contribution in [0, 0.1) is 0 Å². The van der Waals surface area contributed by atoms with Crippen LogP contribution in [0.3, 0.4) is 0 Å². The van der Waals surface area contributed by atoms with Gasteiger partial charge in [0, 0.05) is 13.6 Å². The molecule has 0 radical (unpaired) electrons. The predicted octanol–water partition coefficient (Wildman–Crippen LogP) is 4.16. The molecule has 0 aliphatic rings. The highest BCUT2D eigenvalue weighted by molar-refractivity contribution is 5.79. The standard InChI is InChI=1S/C18H36N2O3/c1-3-4-5-6-7-8-9-10-11-12-13-14-15-20-18(22)23-16-17(21)19-2/h3-16H2,1-2H3,(H,19,21)(H,20,22). The quantitative estimate of drug-likeness (QED) is 0.444. The first-order valence-corrected chi connectivity index (χ1v) is 9.32. The van der Waals surface area contributed by atoms with Crippen LogP contribution in [0.2, 0.25) is 0 Å². The zero-order valence-electron chi connectivity index (χ0n) is 15.1. The van der Waals surface area contributed by atoms with Crippen LogP contribution in [-0.2, 0) is 9.53 Å². The Morgan fingerprint density at radius 1 is 0.783 bits per heavy atom. The average Bonchev–Trinajstić information content (AvgIpc) is 2.56. The van der Waals surface area contributed by atoms with E-state index in [9.17, 15) is 9.59 Å². The Bertz CT molecular complexity index is 296. The third-order valence-electron chi connectivity index (χ3n) is 3.91. The number of hydrogen-bond donors (Lipinski definition) is 2. The van der Waals surface area contributed by atoms with Gasteiger partial charge in [0.15, 0.2) is 6.61 Å². The van der Waals surface area contributed by atoms with Gasteiger partial charge in [-0.3, -0.25) is 4.79 Å². The molecular weight excluding hydrogens is 292 g/mol. The van der Waals surface area contributed by atoms with Gasteiger partial charge in [0.05, 0.1) is 0 Å². The Morgan fingerprint density at radius 3 is 1.74 bits per heavy atom. The summed E-state index contributed by atoms with van der Waals surface area (Å²) in [5.74, 6) is -0.300. The lowest BCUT2D eigenvalue weighted by molar-refractivity contribution is -0.123. The fourth-order valence-corrected chi connectivity index (χ4v) is 2.41. The maximum atomic E-state index is 11.3. The molecule has 0 bridgehead atoms. The molecule has 0 aromatic heterocycles. The minimum atomic E-state index is -0.517. The van der Waals surface area contributed by atoms with E-state index in [4.69, 9.17) is 4.74 Å². The van der Waals surface area contributed by atoms with Crippen LogP contribution in [0.25, 0.3) is 0 Å². The van der Waals surface area contributed by atoms with Crippen molar-refractivity contribution in [2.45, 2.75) is 84.0 Å². The fraction of sp³-hybridized carbons (Fsp3) is 0.889. The van der Waals surface area contributed by atoms with Crippen molar-refractivity contribution >= 4 is 12.0 Å². The number of alkyl carbamates (subject to hydrolysis) is 1. The number of nitrogens with one attached hydrogen (secondary N) is 2. The molecule has 0 aliphatic heterocycles. The van der Waals surface area contributed by atoms with E-state index >= 15 is 0 Å². The van der Waals surface area contributed by atoms with Gasteiger partial charge in [-0.1, -0.05) is 77.6 Å². The first-order valence-electron chi connectivity index (χ1n) is 9.32. The summed E-state index contributed by atoms with van der Waals surface area (Å²) in [6.45, 7) is 2.65. The van der Waals surface area contributed by atoms with Crippen LogP contribution in [0.5, 0.6) is 0 Å². The smallest absolute Gasteiger partial charge is 0.407 e. The van der Waals surface area contributed by atoms with Gasteiger partial charge in [-0.25, -0.2) is 4.79 Å². The van der Waals surface area contributed by atoms with E-state index in [1.807, 2.05) is 0 Å². The molecule has 0 aliphatic carbocycles. The molecule has 0 rings (SSSR count). The van der Waals surface area contributed by atoms with Gasteiger partial charge in [-0.05, 0) is 6.42 Å². The number of rotatable bonds is 15. The van der Waals surface area contributed by atoms with E-state index in [0.29, 0.717) is 6.54 Å². The normalized spacial score (nSPS) is 10.3. The van der Waals surface area contributed by atoms with E-state index in [-0.39, 0.29) is 12.5 Å². The number of unbranched alkanes of at least 4 members (excludes halogenated alkanes) is 11. The molecule has 136 valence electrons. The monoisotopic (exact) mass is 328 g/mol. The second kappa shape index (κ2) is 17.1. The van der Waals surface area contributed by atoms with Crippen molar-refractivity contribution in [3.63, 3.8) is 0 Å². The molecule has 0 fully saturated rings. The van der Waals surface area contributed by atoms with Gasteiger partial charge in [0.1, 0.15) is 0 Å². The van der Waals surface area contributed by atoms with Crippen LogP contribution < -0.4 is 10.6 Å². The summed E-state index contributed by atoms with van der Waals surface area (Å²) in [6, 6.07) is 0. The second-order valence-electron chi connectivity index (χ2n) is 6.07. The Balaban J connectivity index is 3.15. The molecule has 0 unspecified atom stereocenters. The maximum absolute atomic E-state index is 11.3. The van der Waals surface area contributed by atoms with Crippen LogP contribution >= 0.6 is 0 Å². The summed E-state index contributed by atoms with van der Waals surface area (Å²) < 4.78 is 4.74. The number of ether oxygens (including phenoxy) is 1. The highest BCUT2D eigenvalue weighted by Gasteiger charge is 2.04. The van der Waals surface area contributed by atoms with Crippen LogP contribution in [0.1, 0.15) is 84.0 Å². The van der Waals surface area contributed by atoms with Crippen LogP contribution in [-0.4, -0.2) is 32.2 Å². The Morgan fingerprint density at radius 2 is 1.26 bits per heavy atom. The molecule has 0 heterocycles. The van der Waals surface area contributed by atoms with Crippen molar-refractivity contribution in [2.24, 2.45) is 0 Å². The summed E-state index contributed by atoms with van der Waals surface area (Å²) >= 11 is 0. The van der Waals surface area contributed by atoms with E-state index in [1.54, 1.807) is 0 Å². The topological polar surface area (TPSA) is 67.4 Å². The molecule has 0 aromatic carbocycles. The first kappa shape index (κ1) is 21.7. The van der Waals surface area contributed by atoms with Gasteiger partial charge in [0.2, 0.25) is 0 Å². The lowest BCUT2D eigenvalue weighted by Crippen LogP contribution is -2.30. The SMILES string of the molecule is CCCCCCCCCCCCCCNC(=O)OCC(=O)NC. The second-order valence-corrected chi connectivity index (χ2v) is 6.07. The number of carbonyl (C=O) groups is 2. The fourth-order valence-electron chi connectivity index (χ4n) is 2.41. The van der Waals surface area contributed by atoms with Crippen molar-refractivity contribution in [1.29, 1.82) is 0 Å². The lowest BCUT2D eigenvalue weighted by atomic mass is 10.1. The molecule has 0 saturated heterocycles. The zero-order valence-corrected chi connectivity index (χ0v) is 15.1. The molecule has 0 spiro atoms. The first-order chi connectivity index (χ1) is 11.2. The van der Waals surface area contributed by atoms with Gasteiger partial charge in [0.25, 0.3) is 5.91 Å². The third-order valence-corrected chi connectivity index (χ3v) is 3.91. The summed E-state index contributed by atoms with van der Waals surface area (Å²) in [6.07, 6.45) is 15.0. The minimum Gasteiger partial charge on any atom is -0.439 e. The number of likely N-dealkylation sites (N-methyl/N-ethyl adjacent to an activating group) is 1. The molecule has 0 aromatic rings. The molecule has 2 amide bonds. The van der Waals surface area contributed by atoms with E-state index in [1.165, 1.54) is 71.3 Å². The largest absolute Gasteiger partial charge is 0.439 e. The summed E-state index contributed by atoms with van der Waals surface area (Å²) in [4.78, 5) is 22.1. The third kappa shape index (κ3) is 16.9. The van der Waals surface area contributed by atoms with E-state index < -0.39 is 6.09 Å². The predicted molar refractivity (Wildman–Crippen MR) is 94.5 cm³/mol. The van der Waals surface area contributed by atoms with Crippen molar-refractivity contribution < 1.29 is 14.3 Å². The van der Waals surface area contributed by atoms with Crippen molar-refractivity contribution in [1.82, 2.24) is 10.6 Å². The summed E-state index contributed by atoms with van der Waals surface area (Å²) in [5.41, 5.74) is 0. The Kier molecular flexibility index (Phi) is 16.2. The maximum Gasteiger partial charge on any atom is 0.407 e. The van der Waals surface area contributed by atoms with E-state index in [2.05, 4.69) is 17.6 Å². The molecule has 2 N–H and O–H groups in total. The number of carbonyl (C=O) groups excluding carboxylic acids is 2. The van der Waals surface area contributed by atoms with Crippen LogP contribution in [0.4, 0.5) is 4.79 Å². The summed E-state index contributed by atoms with van der Waals surface area (Å²) in [7, 11) is 1.51. The van der Waals surface area contributed by atoms with Gasteiger partial charge >= 0.3 is 6.09 Å². The van der Waals surface area contributed by atoms with Crippen molar-refractivity contribution in [2.75, 3.05) is 20.2 Å². The highest BCUT2D eigenvalue weighted by atomic mass is 16.6. The van der Waals surface area contributed by atoms with Crippen molar-refractivity contribution in [3.8, 4) is 0 Å². The minimum absolute atomic E-state index is 0.221. The summed E-state index contributed by atoms with van der Waals surface area (Å²) in [5, 5.41) is 5.05. The number of amides is 2. The van der Waals surface area contributed by atoms with Gasteiger partial charge in [-0.15, -0.1) is 0 Å². The van der Waals surface area contributed by atoms with Gasteiger partial charge in [-0.2, -0.15) is 0 Å². The van der Waals surface area contributed by atoms with E-state index in [0.717, 1.165) is 12.8 Å². The molecule has 5 heteroatoms. The Hall–Kier alpha value is -1.26. The molecular formula is C18H36N2O3. The zero-order chi connectivity index (χ0) is 17.2. The molecule has 0 saturated carbocycles. The lowest BCUT2D eigenvalue weighted by Gasteiger charge is -2.06. The molecule has 5 nitrogen and oxygen atoms in total. The van der Waals surface area contributed by atoms with Crippen LogP contribution in [0.15, 0.2) is 0 Å². The Labute approximate surface area is 141 Å². The number of hydrogen-bond acceptors (Lipinski definition) is 3. The molecule has 0 atom stereocenters. The highest BCUT2D eigenvalue weighted by Crippen LogP contribution is 2.11. The van der Waals surface area contributed by atoms with Gasteiger partial charge < -0.3 is 15.4 Å². The van der Waals surface area contributed by atoms with Crippen molar-refractivity contribution in [3.05, 3.63) is 0 Å². The average molecular weight is 328 g/mol.